The van der Waals surface area contributed by atoms with Crippen molar-refractivity contribution in [2.24, 2.45) is 0 Å². The van der Waals surface area contributed by atoms with Gasteiger partial charge >= 0.3 is 0 Å². The van der Waals surface area contributed by atoms with Crippen LogP contribution in [0.4, 0.5) is 0 Å². The van der Waals surface area contributed by atoms with E-state index >= 15 is 0 Å². The summed E-state index contributed by atoms with van der Waals surface area (Å²) in [5.41, 5.74) is 4.66. The third-order valence-electron chi connectivity index (χ3n) is 3.21. The minimum Gasteiger partial charge on any atom is -0.504 e. The average Bonchev–Trinajstić information content (AvgIpc) is 2.35. The third kappa shape index (κ3) is 2.45. The lowest BCUT2D eigenvalue weighted by atomic mass is 10.00. The number of nitrogens with zero attached hydrogens (tertiary/aromatic N) is 1. The summed E-state index contributed by atoms with van der Waals surface area (Å²) in [7, 11) is 1.54. The molecule has 0 fully saturated rings. The second kappa shape index (κ2) is 5.08. The summed E-state index contributed by atoms with van der Waals surface area (Å²) >= 11 is 0. The van der Waals surface area contributed by atoms with E-state index in [2.05, 4.69) is 18.8 Å². The molecule has 2 rings (SSSR count). The summed E-state index contributed by atoms with van der Waals surface area (Å²) in [6, 6.07) is 5.48. The van der Waals surface area contributed by atoms with Crippen LogP contribution < -0.4 is 4.74 Å². The SMILES string of the molecule is COc1ccc(Cc2cncc(C)c2C)cc1O. The average molecular weight is 243 g/mol. The van der Waals surface area contributed by atoms with Crippen molar-refractivity contribution in [3.8, 4) is 11.5 Å². The number of ether oxygens (including phenoxy) is 1. The van der Waals surface area contributed by atoms with Crippen molar-refractivity contribution in [3.63, 3.8) is 0 Å². The highest BCUT2D eigenvalue weighted by molar-refractivity contribution is 5.44. The predicted octanol–water partition coefficient (Wildman–Crippen LogP) is 3.00. The van der Waals surface area contributed by atoms with Gasteiger partial charge in [-0.1, -0.05) is 6.07 Å². The minimum absolute atomic E-state index is 0.174. The first kappa shape index (κ1) is 12.4. The van der Waals surface area contributed by atoms with Crippen LogP contribution in [0.2, 0.25) is 0 Å². The van der Waals surface area contributed by atoms with E-state index in [1.807, 2.05) is 18.5 Å². The van der Waals surface area contributed by atoms with Crippen LogP contribution in [0.1, 0.15) is 22.3 Å². The van der Waals surface area contributed by atoms with E-state index in [1.54, 1.807) is 19.2 Å². The van der Waals surface area contributed by atoms with Crippen molar-refractivity contribution in [2.75, 3.05) is 7.11 Å². The Morgan fingerprint density at radius 3 is 2.67 bits per heavy atom. The van der Waals surface area contributed by atoms with Crippen molar-refractivity contribution in [3.05, 3.63) is 52.8 Å². The molecule has 0 unspecified atom stereocenters. The summed E-state index contributed by atoms with van der Waals surface area (Å²) in [6.45, 7) is 4.15. The molecule has 3 nitrogen and oxygen atoms in total. The fourth-order valence-corrected chi connectivity index (χ4v) is 1.93. The van der Waals surface area contributed by atoms with Crippen molar-refractivity contribution >= 4 is 0 Å². The number of aromatic hydroxyl groups is 1. The molecule has 0 saturated carbocycles. The van der Waals surface area contributed by atoms with Gasteiger partial charge in [-0.3, -0.25) is 4.98 Å². The molecule has 0 spiro atoms. The molecule has 0 atom stereocenters. The Bertz CT molecular complexity index is 564. The smallest absolute Gasteiger partial charge is 0.160 e. The Balaban J connectivity index is 2.29. The van der Waals surface area contributed by atoms with Crippen LogP contribution in [0.15, 0.2) is 30.6 Å². The Morgan fingerprint density at radius 2 is 2.00 bits per heavy atom. The lowest BCUT2D eigenvalue weighted by molar-refractivity contribution is 0.373. The first-order valence-corrected chi connectivity index (χ1v) is 5.87. The maximum Gasteiger partial charge on any atom is 0.160 e. The number of aromatic nitrogens is 1. The van der Waals surface area contributed by atoms with Crippen molar-refractivity contribution in [2.45, 2.75) is 20.3 Å². The molecular weight excluding hydrogens is 226 g/mol. The van der Waals surface area contributed by atoms with E-state index in [1.165, 1.54) is 16.7 Å². The number of phenols is 1. The van der Waals surface area contributed by atoms with Gasteiger partial charge in [-0.25, -0.2) is 0 Å². The van der Waals surface area contributed by atoms with E-state index < -0.39 is 0 Å². The number of phenolic OH excluding ortho intramolecular Hbond substituents is 1. The summed E-state index contributed by atoms with van der Waals surface area (Å²) in [5.74, 6) is 0.672. The molecule has 0 saturated heterocycles. The fraction of sp³-hybridized carbons (Fsp3) is 0.267. The maximum absolute atomic E-state index is 9.75. The Morgan fingerprint density at radius 1 is 1.22 bits per heavy atom. The molecule has 0 aliphatic rings. The lowest BCUT2D eigenvalue weighted by Gasteiger charge is -2.09. The van der Waals surface area contributed by atoms with Gasteiger partial charge in [0.25, 0.3) is 0 Å². The third-order valence-corrected chi connectivity index (χ3v) is 3.21. The zero-order chi connectivity index (χ0) is 13.1. The molecule has 0 amide bonds. The molecule has 1 heterocycles. The largest absolute Gasteiger partial charge is 0.504 e. The van der Waals surface area contributed by atoms with Crippen LogP contribution in [0, 0.1) is 13.8 Å². The molecule has 0 aliphatic heterocycles. The molecular formula is C15H17NO2. The number of methoxy groups -OCH3 is 1. The van der Waals surface area contributed by atoms with Crippen LogP contribution in [-0.4, -0.2) is 17.2 Å². The normalized spacial score (nSPS) is 10.4. The number of benzene rings is 1. The first-order valence-electron chi connectivity index (χ1n) is 5.87. The highest BCUT2D eigenvalue weighted by Gasteiger charge is 2.06. The van der Waals surface area contributed by atoms with Crippen LogP contribution in [0.25, 0.3) is 0 Å². The van der Waals surface area contributed by atoms with Gasteiger partial charge in [-0.15, -0.1) is 0 Å². The highest BCUT2D eigenvalue weighted by atomic mass is 16.5. The molecule has 2 aromatic rings. The van der Waals surface area contributed by atoms with E-state index in [4.69, 9.17) is 4.74 Å². The quantitative estimate of drug-likeness (QED) is 0.901. The molecule has 18 heavy (non-hydrogen) atoms. The van der Waals surface area contributed by atoms with Gasteiger partial charge in [-0.05, 0) is 54.7 Å². The molecule has 1 N–H and O–H groups in total. The van der Waals surface area contributed by atoms with E-state index in [-0.39, 0.29) is 5.75 Å². The Hall–Kier alpha value is -2.03. The monoisotopic (exact) mass is 243 g/mol. The van der Waals surface area contributed by atoms with Crippen molar-refractivity contribution in [1.29, 1.82) is 0 Å². The highest BCUT2D eigenvalue weighted by Crippen LogP contribution is 2.27. The summed E-state index contributed by atoms with van der Waals surface area (Å²) < 4.78 is 5.03. The molecule has 0 aliphatic carbocycles. The number of hydrogen-bond donors (Lipinski definition) is 1. The molecule has 0 radical (unpaired) electrons. The zero-order valence-corrected chi connectivity index (χ0v) is 10.9. The number of pyridine rings is 1. The van der Waals surface area contributed by atoms with Gasteiger partial charge in [-0.2, -0.15) is 0 Å². The first-order chi connectivity index (χ1) is 8.61. The van der Waals surface area contributed by atoms with Crippen molar-refractivity contribution in [1.82, 2.24) is 4.98 Å². The molecule has 3 heteroatoms. The molecule has 94 valence electrons. The molecule has 1 aromatic heterocycles. The topological polar surface area (TPSA) is 42.4 Å². The second-order valence-electron chi connectivity index (χ2n) is 4.42. The second-order valence-corrected chi connectivity index (χ2v) is 4.42. The van der Waals surface area contributed by atoms with Gasteiger partial charge in [0.1, 0.15) is 0 Å². The number of hydrogen-bond acceptors (Lipinski definition) is 3. The maximum atomic E-state index is 9.75. The molecule has 1 aromatic carbocycles. The van der Waals surface area contributed by atoms with E-state index in [0.717, 1.165) is 12.0 Å². The summed E-state index contributed by atoms with van der Waals surface area (Å²) in [4.78, 5) is 4.21. The molecule has 0 bridgehead atoms. The standard InChI is InChI=1S/C15H17NO2/c1-10-8-16-9-13(11(10)2)6-12-4-5-15(18-3)14(17)7-12/h4-5,7-9,17H,6H2,1-3H3. The van der Waals surface area contributed by atoms with Gasteiger partial charge in [0.2, 0.25) is 0 Å². The van der Waals surface area contributed by atoms with E-state index in [0.29, 0.717) is 5.75 Å². The van der Waals surface area contributed by atoms with Crippen LogP contribution in [-0.2, 0) is 6.42 Å². The van der Waals surface area contributed by atoms with Crippen molar-refractivity contribution < 1.29 is 9.84 Å². The van der Waals surface area contributed by atoms with Crippen LogP contribution >= 0.6 is 0 Å². The summed E-state index contributed by atoms with van der Waals surface area (Å²) in [6.07, 6.45) is 4.51. The van der Waals surface area contributed by atoms with Crippen LogP contribution in [0.5, 0.6) is 11.5 Å². The fourth-order valence-electron chi connectivity index (χ4n) is 1.93. The minimum atomic E-state index is 0.174. The van der Waals surface area contributed by atoms with Gasteiger partial charge in [0.15, 0.2) is 11.5 Å². The van der Waals surface area contributed by atoms with Crippen LogP contribution in [0.3, 0.4) is 0 Å². The predicted molar refractivity (Wildman–Crippen MR) is 71.2 cm³/mol. The lowest BCUT2D eigenvalue weighted by Crippen LogP contribution is -1.96. The summed E-state index contributed by atoms with van der Waals surface area (Å²) in [5, 5.41) is 9.75. The van der Waals surface area contributed by atoms with Gasteiger partial charge < -0.3 is 9.84 Å². The van der Waals surface area contributed by atoms with Gasteiger partial charge in [0.05, 0.1) is 7.11 Å². The number of aryl methyl sites for hydroxylation is 1. The zero-order valence-electron chi connectivity index (χ0n) is 10.9. The Kier molecular flexibility index (Phi) is 3.51. The van der Waals surface area contributed by atoms with E-state index in [9.17, 15) is 5.11 Å². The van der Waals surface area contributed by atoms with Gasteiger partial charge in [0, 0.05) is 12.4 Å². The Labute approximate surface area is 107 Å². The number of rotatable bonds is 3.